The number of methoxy groups -OCH3 is 1. The van der Waals surface area contributed by atoms with Gasteiger partial charge < -0.3 is 19.3 Å². The zero-order chi connectivity index (χ0) is 8.53. The summed E-state index contributed by atoms with van der Waals surface area (Å²) in [6, 6.07) is 0. The minimum absolute atomic E-state index is 0.0685. The molecule has 0 aromatic carbocycles. The average molecular weight is 164 g/mol. The van der Waals surface area contributed by atoms with Gasteiger partial charge in [0.25, 0.3) is 0 Å². The molecule has 0 aromatic heterocycles. The molecule has 0 aliphatic heterocycles. The third kappa shape index (κ3) is 9.19. The van der Waals surface area contributed by atoms with E-state index >= 15 is 0 Å². The van der Waals surface area contributed by atoms with Crippen LogP contribution in [0.5, 0.6) is 0 Å². The van der Waals surface area contributed by atoms with Gasteiger partial charge in [0.2, 0.25) is 0 Å². The molecular weight excluding hydrogens is 152 g/mol. The summed E-state index contributed by atoms with van der Waals surface area (Å²) in [5.74, 6) is 0. The average Bonchev–Trinajstić information content (AvgIpc) is 1.96. The van der Waals surface area contributed by atoms with Gasteiger partial charge in [0.15, 0.2) is 0 Å². The van der Waals surface area contributed by atoms with E-state index in [9.17, 15) is 4.79 Å². The summed E-state index contributed by atoms with van der Waals surface area (Å²) in [4.78, 5) is 9.79. The SMILES string of the molecule is COCCOCCOC(=O)O. The summed E-state index contributed by atoms with van der Waals surface area (Å²) in [5, 5.41) is 8.01. The maximum absolute atomic E-state index is 9.79. The lowest BCUT2D eigenvalue weighted by molar-refractivity contribution is 0.0288. The maximum Gasteiger partial charge on any atom is 0.505 e. The topological polar surface area (TPSA) is 65.0 Å². The van der Waals surface area contributed by atoms with Gasteiger partial charge in [-0.1, -0.05) is 0 Å². The van der Waals surface area contributed by atoms with E-state index in [4.69, 9.17) is 9.84 Å². The smallest absolute Gasteiger partial charge is 0.450 e. The Balaban J connectivity index is 2.85. The van der Waals surface area contributed by atoms with Crippen LogP contribution in [-0.4, -0.2) is 44.8 Å². The Morgan fingerprint density at radius 3 is 2.45 bits per heavy atom. The second-order valence-electron chi connectivity index (χ2n) is 1.72. The van der Waals surface area contributed by atoms with Crippen LogP contribution in [0.1, 0.15) is 0 Å². The molecule has 0 saturated heterocycles. The third-order valence-corrected chi connectivity index (χ3v) is 0.885. The molecular formula is C6H12O5. The lowest BCUT2D eigenvalue weighted by atomic mass is 10.7. The second kappa shape index (κ2) is 7.30. The van der Waals surface area contributed by atoms with Crippen molar-refractivity contribution in [1.82, 2.24) is 0 Å². The Morgan fingerprint density at radius 2 is 1.91 bits per heavy atom. The van der Waals surface area contributed by atoms with Crippen LogP contribution in [0.3, 0.4) is 0 Å². The molecule has 0 aromatic rings. The zero-order valence-electron chi connectivity index (χ0n) is 6.41. The van der Waals surface area contributed by atoms with Gasteiger partial charge in [-0.05, 0) is 0 Å². The standard InChI is InChI=1S/C6H12O5/c1-9-2-3-10-4-5-11-6(7)8/h2-5H2,1H3,(H,7,8). The van der Waals surface area contributed by atoms with Gasteiger partial charge in [0.05, 0.1) is 19.8 Å². The Morgan fingerprint density at radius 1 is 1.27 bits per heavy atom. The van der Waals surface area contributed by atoms with Crippen molar-refractivity contribution in [2.24, 2.45) is 0 Å². The van der Waals surface area contributed by atoms with Crippen molar-refractivity contribution in [3.8, 4) is 0 Å². The van der Waals surface area contributed by atoms with Gasteiger partial charge >= 0.3 is 6.16 Å². The first-order valence-electron chi connectivity index (χ1n) is 3.19. The van der Waals surface area contributed by atoms with E-state index in [1.807, 2.05) is 0 Å². The molecule has 0 heterocycles. The highest BCUT2D eigenvalue weighted by Crippen LogP contribution is 1.79. The predicted molar refractivity (Wildman–Crippen MR) is 36.7 cm³/mol. The maximum atomic E-state index is 9.79. The summed E-state index contributed by atoms with van der Waals surface area (Å²) in [7, 11) is 1.57. The van der Waals surface area contributed by atoms with Crippen LogP contribution >= 0.6 is 0 Å². The van der Waals surface area contributed by atoms with Gasteiger partial charge in [0.1, 0.15) is 6.61 Å². The van der Waals surface area contributed by atoms with Crippen LogP contribution in [0.25, 0.3) is 0 Å². The largest absolute Gasteiger partial charge is 0.505 e. The van der Waals surface area contributed by atoms with Gasteiger partial charge in [0, 0.05) is 7.11 Å². The summed E-state index contributed by atoms with van der Waals surface area (Å²) in [5.41, 5.74) is 0. The second-order valence-corrected chi connectivity index (χ2v) is 1.72. The molecule has 0 unspecified atom stereocenters. The van der Waals surface area contributed by atoms with Gasteiger partial charge in [-0.2, -0.15) is 0 Å². The molecule has 5 nitrogen and oxygen atoms in total. The molecule has 0 fully saturated rings. The highest BCUT2D eigenvalue weighted by atomic mass is 16.7. The summed E-state index contributed by atoms with van der Waals surface area (Å²) < 4.78 is 13.8. The monoisotopic (exact) mass is 164 g/mol. The molecule has 0 aliphatic carbocycles. The lowest BCUT2D eigenvalue weighted by Crippen LogP contribution is -2.10. The molecule has 0 spiro atoms. The van der Waals surface area contributed by atoms with E-state index in [2.05, 4.69) is 9.47 Å². The number of hydrogen-bond acceptors (Lipinski definition) is 4. The minimum atomic E-state index is -1.28. The molecule has 0 saturated carbocycles. The van der Waals surface area contributed by atoms with Crippen LogP contribution in [0, 0.1) is 0 Å². The molecule has 66 valence electrons. The predicted octanol–water partition coefficient (Wildman–Crippen LogP) is 0.344. The fourth-order valence-corrected chi connectivity index (χ4v) is 0.432. The number of carbonyl (C=O) groups is 1. The Labute approximate surface area is 64.9 Å². The van der Waals surface area contributed by atoms with Crippen LogP contribution in [0.4, 0.5) is 4.79 Å². The third-order valence-electron chi connectivity index (χ3n) is 0.885. The van der Waals surface area contributed by atoms with Crippen molar-refractivity contribution in [1.29, 1.82) is 0 Å². The normalized spacial score (nSPS) is 9.55. The minimum Gasteiger partial charge on any atom is -0.450 e. The molecule has 0 amide bonds. The fraction of sp³-hybridized carbons (Fsp3) is 0.833. The quantitative estimate of drug-likeness (QED) is 0.453. The Bertz CT molecular complexity index is 103. The number of carboxylic acid groups (broad SMARTS) is 1. The Hall–Kier alpha value is -0.810. The van der Waals surface area contributed by atoms with E-state index in [1.165, 1.54) is 0 Å². The molecule has 0 atom stereocenters. The number of hydrogen-bond donors (Lipinski definition) is 1. The van der Waals surface area contributed by atoms with E-state index in [0.717, 1.165) is 0 Å². The zero-order valence-corrected chi connectivity index (χ0v) is 6.41. The Kier molecular flexibility index (Phi) is 6.76. The number of ether oxygens (including phenoxy) is 3. The fourth-order valence-electron chi connectivity index (χ4n) is 0.432. The van der Waals surface area contributed by atoms with Crippen molar-refractivity contribution in [2.45, 2.75) is 0 Å². The highest BCUT2D eigenvalue weighted by molar-refractivity contribution is 5.56. The van der Waals surface area contributed by atoms with Crippen LogP contribution in [0.2, 0.25) is 0 Å². The van der Waals surface area contributed by atoms with Gasteiger partial charge in [-0.15, -0.1) is 0 Å². The molecule has 0 bridgehead atoms. The van der Waals surface area contributed by atoms with Crippen LogP contribution in [0.15, 0.2) is 0 Å². The van der Waals surface area contributed by atoms with Crippen molar-refractivity contribution < 1.29 is 24.1 Å². The molecule has 1 N–H and O–H groups in total. The van der Waals surface area contributed by atoms with E-state index in [1.54, 1.807) is 7.11 Å². The first-order chi connectivity index (χ1) is 5.27. The highest BCUT2D eigenvalue weighted by Gasteiger charge is 1.94. The molecule has 0 rings (SSSR count). The van der Waals surface area contributed by atoms with Crippen molar-refractivity contribution in [2.75, 3.05) is 33.5 Å². The van der Waals surface area contributed by atoms with Crippen molar-refractivity contribution >= 4 is 6.16 Å². The number of rotatable bonds is 6. The van der Waals surface area contributed by atoms with Crippen LogP contribution < -0.4 is 0 Å². The van der Waals surface area contributed by atoms with Crippen LogP contribution in [-0.2, 0) is 14.2 Å². The van der Waals surface area contributed by atoms with Gasteiger partial charge in [-0.25, -0.2) is 4.79 Å². The lowest BCUT2D eigenvalue weighted by Gasteiger charge is -2.01. The van der Waals surface area contributed by atoms with E-state index in [-0.39, 0.29) is 13.2 Å². The first kappa shape index (κ1) is 10.2. The molecule has 5 heteroatoms. The molecule has 11 heavy (non-hydrogen) atoms. The molecule has 0 aliphatic rings. The van der Waals surface area contributed by atoms with Gasteiger partial charge in [-0.3, -0.25) is 0 Å². The summed E-state index contributed by atoms with van der Waals surface area (Å²) in [6.45, 7) is 1.31. The first-order valence-corrected chi connectivity index (χ1v) is 3.19. The summed E-state index contributed by atoms with van der Waals surface area (Å²) in [6.07, 6.45) is -1.28. The molecule has 0 radical (unpaired) electrons. The van der Waals surface area contributed by atoms with Crippen molar-refractivity contribution in [3.63, 3.8) is 0 Å². The van der Waals surface area contributed by atoms with E-state index < -0.39 is 6.16 Å². The van der Waals surface area contributed by atoms with Crippen molar-refractivity contribution in [3.05, 3.63) is 0 Å². The van der Waals surface area contributed by atoms with E-state index in [0.29, 0.717) is 13.2 Å². The summed E-state index contributed by atoms with van der Waals surface area (Å²) >= 11 is 0.